The van der Waals surface area contributed by atoms with Crippen LogP contribution in [0.2, 0.25) is 5.02 Å². The van der Waals surface area contributed by atoms with E-state index in [9.17, 15) is 9.59 Å². The Kier molecular flexibility index (Phi) is 6.37. The number of carbonyl (C=O) groups is 2. The van der Waals surface area contributed by atoms with Crippen molar-refractivity contribution in [3.8, 4) is 0 Å². The van der Waals surface area contributed by atoms with Gasteiger partial charge in [0, 0.05) is 16.4 Å². The number of hydrogen-bond donors (Lipinski definition) is 2. The SMILES string of the molecule is CCC1=NC(=O)NC(c2cc(N)ccc2Cl)C1C(=O)OCC1CCCCC1. The standard InChI is InChI=1S/C20H26ClN3O3/c1-2-16-17(19(25)27-11-12-6-4-3-5-7-12)18(24-20(26)23-16)14-10-13(22)8-9-15(14)21/h8-10,12,17-18H,2-7,11,22H2,1H3,(H,24,26). The molecule has 0 radical (unpaired) electrons. The maximum atomic E-state index is 13.0. The molecule has 1 aromatic carbocycles. The zero-order valence-corrected chi connectivity index (χ0v) is 16.3. The van der Waals surface area contributed by atoms with Crippen LogP contribution < -0.4 is 11.1 Å². The van der Waals surface area contributed by atoms with E-state index in [1.807, 2.05) is 6.92 Å². The summed E-state index contributed by atoms with van der Waals surface area (Å²) in [6.45, 7) is 2.29. The first kappa shape index (κ1) is 19.7. The van der Waals surface area contributed by atoms with Crippen LogP contribution in [0.3, 0.4) is 0 Å². The van der Waals surface area contributed by atoms with Crippen LogP contribution in [0, 0.1) is 11.8 Å². The van der Waals surface area contributed by atoms with Crippen LogP contribution in [-0.4, -0.2) is 24.3 Å². The van der Waals surface area contributed by atoms with E-state index in [-0.39, 0.29) is 5.97 Å². The minimum Gasteiger partial charge on any atom is -0.465 e. The first-order valence-corrected chi connectivity index (χ1v) is 9.97. The first-order chi connectivity index (χ1) is 13.0. The third kappa shape index (κ3) is 4.61. The van der Waals surface area contributed by atoms with Crippen molar-refractivity contribution in [2.45, 2.75) is 51.5 Å². The summed E-state index contributed by atoms with van der Waals surface area (Å²) in [5, 5.41) is 3.21. The van der Waals surface area contributed by atoms with Gasteiger partial charge in [0.2, 0.25) is 0 Å². The molecule has 7 heteroatoms. The van der Waals surface area contributed by atoms with E-state index >= 15 is 0 Å². The number of aliphatic imine (C=N–C) groups is 1. The van der Waals surface area contributed by atoms with Crippen molar-refractivity contribution < 1.29 is 14.3 Å². The molecule has 2 unspecified atom stereocenters. The Morgan fingerprint density at radius 2 is 2.07 bits per heavy atom. The zero-order valence-electron chi connectivity index (χ0n) is 15.5. The normalized spacial score (nSPS) is 23.5. The maximum Gasteiger partial charge on any atom is 0.341 e. The average molecular weight is 392 g/mol. The Balaban J connectivity index is 1.84. The van der Waals surface area contributed by atoms with Crippen molar-refractivity contribution in [1.82, 2.24) is 5.32 Å². The van der Waals surface area contributed by atoms with Crippen LogP contribution in [0.1, 0.15) is 57.1 Å². The number of nitrogens with two attached hydrogens (primary N) is 1. The van der Waals surface area contributed by atoms with E-state index < -0.39 is 18.0 Å². The minimum absolute atomic E-state index is 0.371. The molecule has 3 N–H and O–H groups in total. The number of halogens is 1. The molecular weight excluding hydrogens is 366 g/mol. The van der Waals surface area contributed by atoms with Crippen LogP contribution in [-0.2, 0) is 9.53 Å². The van der Waals surface area contributed by atoms with Gasteiger partial charge < -0.3 is 15.8 Å². The second-order valence-electron chi connectivity index (χ2n) is 7.28. The quantitative estimate of drug-likeness (QED) is 0.578. The lowest BCUT2D eigenvalue weighted by Gasteiger charge is -2.32. The van der Waals surface area contributed by atoms with Crippen molar-refractivity contribution in [2.75, 3.05) is 12.3 Å². The fourth-order valence-corrected chi connectivity index (χ4v) is 4.15. The smallest absolute Gasteiger partial charge is 0.341 e. The highest BCUT2D eigenvalue weighted by Crippen LogP contribution is 2.35. The Morgan fingerprint density at radius 3 is 2.78 bits per heavy atom. The van der Waals surface area contributed by atoms with Crippen LogP contribution in [0.5, 0.6) is 0 Å². The largest absolute Gasteiger partial charge is 0.465 e. The van der Waals surface area contributed by atoms with Crippen molar-refractivity contribution >= 4 is 35.0 Å². The van der Waals surface area contributed by atoms with Gasteiger partial charge in [-0.3, -0.25) is 4.79 Å². The number of esters is 1. The molecule has 146 valence electrons. The number of hydrogen-bond acceptors (Lipinski definition) is 4. The summed E-state index contributed by atoms with van der Waals surface area (Å²) in [5.74, 6) is -0.655. The summed E-state index contributed by atoms with van der Waals surface area (Å²) in [5.41, 5.74) is 7.52. The van der Waals surface area contributed by atoms with Crippen molar-refractivity contribution in [1.29, 1.82) is 0 Å². The fraction of sp³-hybridized carbons (Fsp3) is 0.550. The molecule has 1 fully saturated rings. The van der Waals surface area contributed by atoms with Gasteiger partial charge in [-0.25, -0.2) is 9.79 Å². The highest BCUT2D eigenvalue weighted by molar-refractivity contribution is 6.31. The molecule has 0 bridgehead atoms. The lowest BCUT2D eigenvalue weighted by atomic mass is 9.86. The van der Waals surface area contributed by atoms with Gasteiger partial charge in [0.15, 0.2) is 0 Å². The molecule has 2 amide bonds. The molecule has 1 aliphatic carbocycles. The summed E-state index contributed by atoms with van der Waals surface area (Å²) in [7, 11) is 0. The molecule has 0 spiro atoms. The summed E-state index contributed by atoms with van der Waals surface area (Å²) in [6, 6.07) is 3.92. The summed E-state index contributed by atoms with van der Waals surface area (Å²) < 4.78 is 5.66. The van der Waals surface area contributed by atoms with E-state index in [4.69, 9.17) is 22.1 Å². The first-order valence-electron chi connectivity index (χ1n) is 9.59. The van der Waals surface area contributed by atoms with Crippen LogP contribution >= 0.6 is 11.6 Å². The Labute approximate surface area is 164 Å². The molecule has 27 heavy (non-hydrogen) atoms. The number of urea groups is 1. The summed E-state index contributed by atoms with van der Waals surface area (Å²) in [6.07, 6.45) is 6.28. The second kappa shape index (κ2) is 8.74. The Hall–Kier alpha value is -2.08. The van der Waals surface area contributed by atoms with Crippen LogP contribution in [0.25, 0.3) is 0 Å². The van der Waals surface area contributed by atoms with Gasteiger partial charge >= 0.3 is 12.0 Å². The number of nitrogens with one attached hydrogen (secondary N) is 1. The molecule has 2 atom stereocenters. The van der Waals surface area contributed by atoms with E-state index in [0.717, 1.165) is 12.8 Å². The van der Waals surface area contributed by atoms with Crippen LogP contribution in [0.15, 0.2) is 23.2 Å². The van der Waals surface area contributed by atoms with Crippen molar-refractivity contribution in [3.63, 3.8) is 0 Å². The van der Waals surface area contributed by atoms with Gasteiger partial charge in [-0.2, -0.15) is 0 Å². The van der Waals surface area contributed by atoms with E-state index in [1.165, 1.54) is 19.3 Å². The van der Waals surface area contributed by atoms with Gasteiger partial charge in [0.05, 0.1) is 12.6 Å². The van der Waals surface area contributed by atoms with Gasteiger partial charge in [0.25, 0.3) is 0 Å². The number of nitrogen functional groups attached to an aromatic ring is 1. The highest BCUT2D eigenvalue weighted by Gasteiger charge is 2.40. The van der Waals surface area contributed by atoms with E-state index in [2.05, 4.69) is 10.3 Å². The number of benzene rings is 1. The number of ether oxygens (including phenoxy) is 1. The number of rotatable bonds is 5. The Morgan fingerprint density at radius 1 is 1.33 bits per heavy atom. The predicted molar refractivity (Wildman–Crippen MR) is 106 cm³/mol. The number of amides is 2. The molecule has 1 aromatic rings. The van der Waals surface area contributed by atoms with E-state index in [0.29, 0.717) is 40.9 Å². The van der Waals surface area contributed by atoms with Gasteiger partial charge in [-0.05, 0) is 48.9 Å². The minimum atomic E-state index is -0.699. The lowest BCUT2D eigenvalue weighted by molar-refractivity contribution is -0.148. The molecule has 1 saturated carbocycles. The third-order valence-corrected chi connectivity index (χ3v) is 5.72. The van der Waals surface area contributed by atoms with Crippen molar-refractivity contribution in [3.05, 3.63) is 28.8 Å². The molecule has 2 aliphatic rings. The molecule has 0 saturated heterocycles. The summed E-state index contributed by atoms with van der Waals surface area (Å²) >= 11 is 6.34. The lowest BCUT2D eigenvalue weighted by Crippen LogP contribution is -2.45. The molecule has 1 heterocycles. The van der Waals surface area contributed by atoms with Gasteiger partial charge in [-0.1, -0.05) is 37.8 Å². The molecular formula is C20H26ClN3O3. The van der Waals surface area contributed by atoms with E-state index in [1.54, 1.807) is 18.2 Å². The maximum absolute atomic E-state index is 13.0. The molecule has 1 aliphatic heterocycles. The number of carbonyl (C=O) groups excluding carboxylic acids is 2. The van der Waals surface area contributed by atoms with Crippen molar-refractivity contribution in [2.24, 2.45) is 16.8 Å². The highest BCUT2D eigenvalue weighted by atomic mass is 35.5. The number of nitrogens with zero attached hydrogens (tertiary/aromatic N) is 1. The Bertz CT molecular complexity index is 744. The summed E-state index contributed by atoms with van der Waals surface area (Å²) in [4.78, 5) is 29.0. The molecule has 3 rings (SSSR count). The zero-order chi connectivity index (χ0) is 19.4. The fourth-order valence-electron chi connectivity index (χ4n) is 3.91. The molecule has 6 nitrogen and oxygen atoms in total. The second-order valence-corrected chi connectivity index (χ2v) is 7.68. The topological polar surface area (TPSA) is 93.8 Å². The van der Waals surface area contributed by atoms with Gasteiger partial charge in [0.1, 0.15) is 5.92 Å². The number of anilines is 1. The monoisotopic (exact) mass is 391 g/mol. The van der Waals surface area contributed by atoms with Crippen LogP contribution in [0.4, 0.5) is 10.5 Å². The third-order valence-electron chi connectivity index (χ3n) is 5.37. The molecule has 0 aromatic heterocycles. The predicted octanol–water partition coefficient (Wildman–Crippen LogP) is 4.28. The van der Waals surface area contributed by atoms with Gasteiger partial charge in [-0.15, -0.1) is 0 Å². The average Bonchev–Trinajstić information content (AvgIpc) is 2.68.